The SMILES string of the molecule is CSC1=C([N+](=O)[O-])NCN1C. The van der Waals surface area contributed by atoms with Crippen molar-refractivity contribution < 1.29 is 4.92 Å². The number of nitro groups is 1. The van der Waals surface area contributed by atoms with E-state index in [-0.39, 0.29) is 5.82 Å². The summed E-state index contributed by atoms with van der Waals surface area (Å²) >= 11 is 1.38. The maximum absolute atomic E-state index is 10.4. The van der Waals surface area contributed by atoms with Crippen LogP contribution in [0.25, 0.3) is 0 Å². The molecule has 0 saturated carbocycles. The third-order valence-electron chi connectivity index (χ3n) is 1.41. The van der Waals surface area contributed by atoms with Crippen molar-refractivity contribution in [2.24, 2.45) is 0 Å². The molecule has 1 N–H and O–H groups in total. The fourth-order valence-electron chi connectivity index (χ4n) is 0.917. The van der Waals surface area contributed by atoms with E-state index in [0.29, 0.717) is 11.7 Å². The standard InChI is InChI=1S/C5H9N3O2S/c1-7-3-6-4(8(9)10)5(7)11-2/h6H,3H2,1-2H3. The van der Waals surface area contributed by atoms with Gasteiger partial charge in [0.25, 0.3) is 0 Å². The highest BCUT2D eigenvalue weighted by molar-refractivity contribution is 8.02. The lowest BCUT2D eigenvalue weighted by atomic mass is 10.7. The van der Waals surface area contributed by atoms with Gasteiger partial charge in [0, 0.05) is 7.05 Å². The lowest BCUT2D eigenvalue weighted by molar-refractivity contribution is -0.430. The van der Waals surface area contributed by atoms with Crippen LogP contribution in [0.15, 0.2) is 10.9 Å². The van der Waals surface area contributed by atoms with Gasteiger partial charge in [0.15, 0.2) is 11.7 Å². The molecule has 0 saturated heterocycles. The van der Waals surface area contributed by atoms with Crippen LogP contribution in [0.3, 0.4) is 0 Å². The molecule has 0 aliphatic carbocycles. The molecule has 0 unspecified atom stereocenters. The van der Waals surface area contributed by atoms with Crippen molar-refractivity contribution in [2.45, 2.75) is 0 Å². The Morgan fingerprint density at radius 3 is 2.82 bits per heavy atom. The topological polar surface area (TPSA) is 58.4 Å². The summed E-state index contributed by atoms with van der Waals surface area (Å²) < 4.78 is 0. The van der Waals surface area contributed by atoms with Crippen LogP contribution < -0.4 is 5.32 Å². The molecule has 1 heterocycles. The Hall–Kier alpha value is -0.910. The summed E-state index contributed by atoms with van der Waals surface area (Å²) in [5.74, 6) is 0.111. The van der Waals surface area contributed by atoms with E-state index in [0.717, 1.165) is 0 Å². The molecule has 0 aromatic carbocycles. The Kier molecular flexibility index (Phi) is 2.23. The first-order chi connectivity index (χ1) is 5.16. The summed E-state index contributed by atoms with van der Waals surface area (Å²) in [5.41, 5.74) is 0. The lowest BCUT2D eigenvalue weighted by Crippen LogP contribution is -2.19. The van der Waals surface area contributed by atoms with E-state index >= 15 is 0 Å². The smallest absolute Gasteiger partial charge is 0.347 e. The number of rotatable bonds is 2. The highest BCUT2D eigenvalue weighted by Crippen LogP contribution is 2.22. The third kappa shape index (κ3) is 1.40. The molecule has 5 nitrogen and oxygen atoms in total. The van der Waals surface area contributed by atoms with E-state index < -0.39 is 4.92 Å². The Morgan fingerprint density at radius 2 is 2.45 bits per heavy atom. The van der Waals surface area contributed by atoms with Gasteiger partial charge in [-0.05, 0) is 11.2 Å². The summed E-state index contributed by atoms with van der Waals surface area (Å²) in [6.45, 7) is 0.520. The summed E-state index contributed by atoms with van der Waals surface area (Å²) in [6, 6.07) is 0. The average Bonchev–Trinajstić information content (AvgIpc) is 2.30. The zero-order valence-corrected chi connectivity index (χ0v) is 7.14. The van der Waals surface area contributed by atoms with Gasteiger partial charge in [0.2, 0.25) is 0 Å². The van der Waals surface area contributed by atoms with Gasteiger partial charge in [-0.1, -0.05) is 0 Å². The van der Waals surface area contributed by atoms with Gasteiger partial charge in [-0.25, -0.2) is 0 Å². The van der Waals surface area contributed by atoms with Crippen molar-refractivity contribution in [3.63, 3.8) is 0 Å². The number of nitrogens with one attached hydrogen (secondary N) is 1. The first-order valence-electron chi connectivity index (χ1n) is 3.04. The zero-order chi connectivity index (χ0) is 8.43. The van der Waals surface area contributed by atoms with E-state index in [4.69, 9.17) is 0 Å². The molecule has 62 valence electrons. The number of hydrogen-bond donors (Lipinski definition) is 1. The van der Waals surface area contributed by atoms with E-state index in [1.54, 1.807) is 0 Å². The van der Waals surface area contributed by atoms with E-state index in [1.165, 1.54) is 11.8 Å². The molecule has 0 spiro atoms. The fraction of sp³-hybridized carbons (Fsp3) is 0.600. The van der Waals surface area contributed by atoms with Crippen LogP contribution in [0, 0.1) is 10.1 Å². The van der Waals surface area contributed by atoms with Crippen LogP contribution in [0.4, 0.5) is 0 Å². The van der Waals surface area contributed by atoms with E-state index in [2.05, 4.69) is 5.32 Å². The molecule has 11 heavy (non-hydrogen) atoms. The Morgan fingerprint density at radius 1 is 1.82 bits per heavy atom. The van der Waals surface area contributed by atoms with Crippen molar-refractivity contribution in [1.29, 1.82) is 0 Å². The molecule has 6 heteroatoms. The van der Waals surface area contributed by atoms with Gasteiger partial charge in [-0.2, -0.15) is 0 Å². The molecule has 0 atom stereocenters. The predicted octanol–water partition coefficient (Wildman–Crippen LogP) is 0.245. The monoisotopic (exact) mass is 175 g/mol. The van der Waals surface area contributed by atoms with Crippen LogP contribution >= 0.6 is 11.8 Å². The second kappa shape index (κ2) is 3.00. The molecule has 0 bridgehead atoms. The molecule has 0 aromatic rings. The highest BCUT2D eigenvalue weighted by Gasteiger charge is 2.26. The van der Waals surface area contributed by atoms with Crippen molar-refractivity contribution in [1.82, 2.24) is 10.2 Å². The van der Waals surface area contributed by atoms with Crippen molar-refractivity contribution in [2.75, 3.05) is 20.0 Å². The van der Waals surface area contributed by atoms with Crippen LogP contribution in [0.5, 0.6) is 0 Å². The molecular formula is C5H9N3O2S. The highest BCUT2D eigenvalue weighted by atomic mass is 32.2. The minimum absolute atomic E-state index is 0.111. The van der Waals surface area contributed by atoms with Gasteiger partial charge < -0.3 is 15.0 Å². The zero-order valence-electron chi connectivity index (χ0n) is 6.33. The van der Waals surface area contributed by atoms with Crippen LogP contribution in [-0.2, 0) is 0 Å². The molecule has 1 aliphatic heterocycles. The molecule has 0 aromatic heterocycles. The Labute approximate surface area is 68.6 Å². The molecular weight excluding hydrogens is 166 g/mol. The van der Waals surface area contributed by atoms with Crippen LogP contribution in [0.2, 0.25) is 0 Å². The number of thioether (sulfide) groups is 1. The number of nitrogens with zero attached hydrogens (tertiary/aromatic N) is 2. The summed E-state index contributed by atoms with van der Waals surface area (Å²) in [6.07, 6.45) is 1.82. The molecule has 0 fully saturated rings. The quantitative estimate of drug-likeness (QED) is 0.481. The van der Waals surface area contributed by atoms with Crippen LogP contribution in [0.1, 0.15) is 0 Å². The van der Waals surface area contributed by atoms with Gasteiger partial charge >= 0.3 is 5.82 Å². The normalized spacial score (nSPS) is 17.1. The lowest BCUT2D eigenvalue weighted by Gasteiger charge is -2.07. The van der Waals surface area contributed by atoms with E-state index in [9.17, 15) is 10.1 Å². The minimum Gasteiger partial charge on any atom is -0.358 e. The first-order valence-corrected chi connectivity index (χ1v) is 4.27. The maximum atomic E-state index is 10.4. The second-order valence-corrected chi connectivity index (χ2v) is 2.94. The van der Waals surface area contributed by atoms with Gasteiger partial charge in [0.05, 0.1) is 0 Å². The fourth-order valence-corrected chi connectivity index (χ4v) is 1.63. The largest absolute Gasteiger partial charge is 0.358 e. The van der Waals surface area contributed by atoms with Crippen LogP contribution in [-0.4, -0.2) is 29.8 Å². The molecule has 0 radical (unpaired) electrons. The predicted molar refractivity (Wildman–Crippen MR) is 43.3 cm³/mol. The first kappa shape index (κ1) is 8.19. The average molecular weight is 175 g/mol. The molecule has 1 rings (SSSR count). The van der Waals surface area contributed by atoms with Crippen molar-refractivity contribution in [3.05, 3.63) is 21.0 Å². The summed E-state index contributed by atoms with van der Waals surface area (Å²) in [4.78, 5) is 11.8. The van der Waals surface area contributed by atoms with Gasteiger partial charge in [-0.3, -0.25) is 5.32 Å². The van der Waals surface area contributed by atoms with Crippen molar-refractivity contribution in [3.8, 4) is 0 Å². The Bertz CT molecular complexity index is 216. The Balaban J connectivity index is 2.88. The van der Waals surface area contributed by atoms with Gasteiger partial charge in [-0.15, -0.1) is 11.8 Å². The summed E-state index contributed by atoms with van der Waals surface area (Å²) in [5, 5.41) is 13.7. The second-order valence-electron chi connectivity index (χ2n) is 2.15. The number of hydrogen-bond acceptors (Lipinski definition) is 5. The molecule has 0 amide bonds. The van der Waals surface area contributed by atoms with Crippen molar-refractivity contribution >= 4 is 11.8 Å². The minimum atomic E-state index is -0.394. The van der Waals surface area contributed by atoms with E-state index in [1.807, 2.05) is 18.2 Å². The third-order valence-corrected chi connectivity index (χ3v) is 2.30. The maximum Gasteiger partial charge on any atom is 0.347 e. The van der Waals surface area contributed by atoms with Gasteiger partial charge in [0.1, 0.15) is 0 Å². The molecule has 1 aliphatic rings. The summed E-state index contributed by atoms with van der Waals surface area (Å²) in [7, 11) is 1.81.